The monoisotopic (exact) mass is 349 g/mol. The van der Waals surface area contributed by atoms with E-state index in [-0.39, 0.29) is 24.9 Å². The molecule has 0 fully saturated rings. The van der Waals surface area contributed by atoms with Crippen LogP contribution < -0.4 is 10.1 Å². The van der Waals surface area contributed by atoms with Crippen LogP contribution in [0, 0.1) is 5.82 Å². The van der Waals surface area contributed by atoms with E-state index in [4.69, 9.17) is 4.74 Å². The molecule has 2 heterocycles. The van der Waals surface area contributed by atoms with E-state index < -0.39 is 0 Å². The second-order valence-electron chi connectivity index (χ2n) is 5.93. The molecule has 0 bridgehead atoms. The van der Waals surface area contributed by atoms with Crippen LogP contribution >= 0.6 is 0 Å². The molecule has 1 aliphatic heterocycles. The van der Waals surface area contributed by atoms with Crippen LogP contribution in [-0.4, -0.2) is 22.5 Å². The third kappa shape index (κ3) is 3.35. The van der Waals surface area contributed by atoms with E-state index in [2.05, 4.69) is 15.3 Å². The molecular weight excluding hydrogens is 333 g/mol. The highest BCUT2D eigenvalue weighted by atomic mass is 19.1. The Hall–Kier alpha value is -3.41. The predicted molar refractivity (Wildman–Crippen MR) is 95.7 cm³/mol. The van der Waals surface area contributed by atoms with E-state index in [0.717, 1.165) is 22.6 Å². The lowest BCUT2D eigenvalue weighted by molar-refractivity contribution is -0.118. The standard InChI is InChI=1S/C20H16FN3O2/c21-16-7-5-13(6-8-16)17-10-22-19(24-17)11-23-20(25)15-9-14-3-1-2-4-18(14)26-12-15/h1-10H,11-12H2,(H,22,24)(H,23,25). The lowest BCUT2D eigenvalue weighted by atomic mass is 10.1. The number of benzene rings is 2. The van der Waals surface area contributed by atoms with Crippen LogP contribution in [0.25, 0.3) is 17.3 Å². The Morgan fingerprint density at radius 1 is 1.19 bits per heavy atom. The lowest BCUT2D eigenvalue weighted by Crippen LogP contribution is -2.28. The van der Waals surface area contributed by atoms with Crippen LogP contribution in [0.15, 0.2) is 60.3 Å². The number of amides is 1. The minimum Gasteiger partial charge on any atom is -0.488 e. The second-order valence-corrected chi connectivity index (χ2v) is 5.93. The minimum atomic E-state index is -0.287. The first-order chi connectivity index (χ1) is 12.7. The molecule has 5 nitrogen and oxygen atoms in total. The molecule has 130 valence electrons. The van der Waals surface area contributed by atoms with Gasteiger partial charge in [-0.2, -0.15) is 0 Å². The molecule has 26 heavy (non-hydrogen) atoms. The molecule has 3 aromatic rings. The summed E-state index contributed by atoms with van der Waals surface area (Å²) in [6.07, 6.45) is 3.49. The minimum absolute atomic E-state index is 0.195. The molecule has 6 heteroatoms. The van der Waals surface area contributed by atoms with Gasteiger partial charge < -0.3 is 15.0 Å². The zero-order chi connectivity index (χ0) is 17.9. The van der Waals surface area contributed by atoms with Crippen molar-refractivity contribution in [3.63, 3.8) is 0 Å². The quantitative estimate of drug-likeness (QED) is 0.759. The number of para-hydroxylation sites is 1. The highest BCUT2D eigenvalue weighted by Crippen LogP contribution is 2.25. The van der Waals surface area contributed by atoms with Gasteiger partial charge in [0.25, 0.3) is 5.91 Å². The van der Waals surface area contributed by atoms with Crippen molar-refractivity contribution in [2.24, 2.45) is 0 Å². The summed E-state index contributed by atoms with van der Waals surface area (Å²) in [5.41, 5.74) is 3.05. The van der Waals surface area contributed by atoms with Crippen LogP contribution in [0.3, 0.4) is 0 Å². The van der Waals surface area contributed by atoms with Gasteiger partial charge in [0.05, 0.1) is 24.0 Å². The van der Waals surface area contributed by atoms with Crippen molar-refractivity contribution in [1.82, 2.24) is 15.3 Å². The maximum Gasteiger partial charge on any atom is 0.251 e. The number of carbonyl (C=O) groups is 1. The molecule has 1 amide bonds. The number of hydrogen-bond donors (Lipinski definition) is 2. The SMILES string of the molecule is O=C(NCc1ncc(-c2ccc(F)cc2)[nH]1)C1=Cc2ccccc2OC1. The van der Waals surface area contributed by atoms with Crippen LogP contribution in [-0.2, 0) is 11.3 Å². The van der Waals surface area contributed by atoms with E-state index in [9.17, 15) is 9.18 Å². The number of aromatic nitrogens is 2. The Kier molecular flexibility index (Phi) is 4.23. The van der Waals surface area contributed by atoms with Gasteiger partial charge in [-0.25, -0.2) is 9.37 Å². The van der Waals surface area contributed by atoms with Gasteiger partial charge in [-0.1, -0.05) is 18.2 Å². The number of fused-ring (bicyclic) bond motifs is 1. The summed E-state index contributed by atoms with van der Waals surface area (Å²) in [5.74, 6) is 0.916. The Labute approximate surface area is 149 Å². The zero-order valence-electron chi connectivity index (χ0n) is 13.8. The second kappa shape index (κ2) is 6.84. The van der Waals surface area contributed by atoms with Gasteiger partial charge in [0.2, 0.25) is 0 Å². The van der Waals surface area contributed by atoms with Gasteiger partial charge in [-0.15, -0.1) is 0 Å². The van der Waals surface area contributed by atoms with Crippen molar-refractivity contribution < 1.29 is 13.9 Å². The molecule has 0 aliphatic carbocycles. The molecular formula is C20H16FN3O2. The fraction of sp³-hybridized carbons (Fsp3) is 0.100. The zero-order valence-corrected chi connectivity index (χ0v) is 13.8. The normalized spacial score (nSPS) is 12.7. The molecule has 0 saturated heterocycles. The van der Waals surface area contributed by atoms with Crippen LogP contribution in [0.4, 0.5) is 4.39 Å². The van der Waals surface area contributed by atoms with Gasteiger partial charge in [0.15, 0.2) is 0 Å². The first-order valence-corrected chi connectivity index (χ1v) is 8.19. The fourth-order valence-corrected chi connectivity index (χ4v) is 2.75. The van der Waals surface area contributed by atoms with Crippen molar-refractivity contribution in [3.8, 4) is 17.0 Å². The molecule has 2 aromatic carbocycles. The van der Waals surface area contributed by atoms with Crippen molar-refractivity contribution in [1.29, 1.82) is 0 Å². The van der Waals surface area contributed by atoms with Crippen molar-refractivity contribution in [3.05, 3.63) is 77.5 Å². The third-order valence-electron chi connectivity index (χ3n) is 4.12. The van der Waals surface area contributed by atoms with E-state index in [1.807, 2.05) is 30.3 Å². The van der Waals surface area contributed by atoms with E-state index in [1.54, 1.807) is 18.3 Å². The van der Waals surface area contributed by atoms with Gasteiger partial charge in [0.1, 0.15) is 24.0 Å². The summed E-state index contributed by atoms with van der Waals surface area (Å²) in [7, 11) is 0. The van der Waals surface area contributed by atoms with Crippen LogP contribution in [0.1, 0.15) is 11.4 Å². The number of imidazole rings is 1. The number of nitrogens with one attached hydrogen (secondary N) is 2. The smallest absolute Gasteiger partial charge is 0.251 e. The Balaban J connectivity index is 1.41. The Bertz CT molecular complexity index is 977. The molecule has 1 aromatic heterocycles. The van der Waals surface area contributed by atoms with Crippen molar-refractivity contribution in [2.45, 2.75) is 6.54 Å². The summed E-state index contributed by atoms with van der Waals surface area (Å²) in [6, 6.07) is 13.7. The van der Waals surface area contributed by atoms with Gasteiger partial charge in [0, 0.05) is 5.56 Å². The van der Waals surface area contributed by atoms with Gasteiger partial charge in [-0.05, 0) is 42.0 Å². The third-order valence-corrected chi connectivity index (χ3v) is 4.12. The summed E-state index contributed by atoms with van der Waals surface area (Å²) in [4.78, 5) is 19.7. The number of rotatable bonds is 4. The number of nitrogens with zero attached hydrogens (tertiary/aromatic N) is 1. The predicted octanol–water partition coefficient (Wildman–Crippen LogP) is 3.31. The largest absolute Gasteiger partial charge is 0.488 e. The lowest BCUT2D eigenvalue weighted by Gasteiger charge is -2.17. The number of H-pyrrole nitrogens is 1. The highest BCUT2D eigenvalue weighted by molar-refractivity contribution is 5.99. The number of ether oxygens (including phenoxy) is 1. The average Bonchev–Trinajstić information content (AvgIpc) is 3.15. The molecule has 4 rings (SSSR count). The first kappa shape index (κ1) is 16.1. The topological polar surface area (TPSA) is 67.0 Å². The summed E-state index contributed by atoms with van der Waals surface area (Å²) in [6.45, 7) is 0.501. The summed E-state index contributed by atoms with van der Waals surface area (Å²) < 4.78 is 18.6. The molecule has 2 N–H and O–H groups in total. The van der Waals surface area contributed by atoms with Crippen LogP contribution in [0.5, 0.6) is 5.75 Å². The van der Waals surface area contributed by atoms with Crippen molar-refractivity contribution in [2.75, 3.05) is 6.61 Å². The Morgan fingerprint density at radius 3 is 2.85 bits per heavy atom. The molecule has 0 unspecified atom stereocenters. The maximum atomic E-state index is 13.0. The van der Waals surface area contributed by atoms with Gasteiger partial charge in [-0.3, -0.25) is 4.79 Å². The average molecular weight is 349 g/mol. The van der Waals surface area contributed by atoms with E-state index in [1.165, 1.54) is 12.1 Å². The fourth-order valence-electron chi connectivity index (χ4n) is 2.75. The van der Waals surface area contributed by atoms with Crippen LogP contribution in [0.2, 0.25) is 0 Å². The summed E-state index contributed by atoms with van der Waals surface area (Å²) in [5, 5.41) is 2.83. The number of carbonyl (C=O) groups excluding carboxylic acids is 1. The first-order valence-electron chi connectivity index (χ1n) is 8.19. The molecule has 0 atom stereocenters. The molecule has 0 spiro atoms. The van der Waals surface area contributed by atoms with Gasteiger partial charge >= 0.3 is 0 Å². The number of hydrogen-bond acceptors (Lipinski definition) is 3. The van der Waals surface area contributed by atoms with E-state index >= 15 is 0 Å². The number of aromatic amines is 1. The molecule has 0 saturated carbocycles. The summed E-state index contributed by atoms with van der Waals surface area (Å²) >= 11 is 0. The van der Waals surface area contributed by atoms with Crippen molar-refractivity contribution >= 4 is 12.0 Å². The van der Waals surface area contributed by atoms with E-state index in [0.29, 0.717) is 11.4 Å². The molecule has 1 aliphatic rings. The maximum absolute atomic E-state index is 13.0. The Morgan fingerprint density at radius 2 is 2.00 bits per heavy atom. The molecule has 0 radical (unpaired) electrons. The highest BCUT2D eigenvalue weighted by Gasteiger charge is 2.17. The number of halogens is 1.